The van der Waals surface area contributed by atoms with Crippen LogP contribution in [-0.2, 0) is 4.79 Å². The minimum absolute atomic E-state index is 0.0772. The summed E-state index contributed by atoms with van der Waals surface area (Å²) < 4.78 is 0. The number of benzene rings is 2. The van der Waals surface area contributed by atoms with Crippen LogP contribution in [-0.4, -0.2) is 29.7 Å². The van der Waals surface area contributed by atoms with E-state index in [1.165, 1.54) is 4.90 Å². The normalized spacial score (nSPS) is 17.2. The molecule has 1 atom stereocenters. The summed E-state index contributed by atoms with van der Waals surface area (Å²) in [5, 5.41) is 2.87. The first-order valence-electron chi connectivity index (χ1n) is 8.02. The first kappa shape index (κ1) is 16.7. The van der Waals surface area contributed by atoms with E-state index in [0.717, 1.165) is 11.1 Å². The third-order valence-electron chi connectivity index (χ3n) is 4.22. The molecule has 2 aromatic rings. The molecule has 6 heteroatoms. The quantitative estimate of drug-likeness (QED) is 0.902. The van der Waals surface area contributed by atoms with Gasteiger partial charge in [0.05, 0.1) is 12.5 Å². The molecule has 0 spiro atoms. The zero-order valence-corrected chi connectivity index (χ0v) is 14.2. The van der Waals surface area contributed by atoms with Crippen LogP contribution in [0.2, 0.25) is 0 Å². The highest BCUT2D eigenvalue weighted by Crippen LogP contribution is 2.27. The molecular weight excluding hydrogens is 316 g/mol. The summed E-state index contributed by atoms with van der Waals surface area (Å²) in [6, 6.07) is 14.4. The molecule has 0 fully saturated rings. The maximum atomic E-state index is 12.3. The van der Waals surface area contributed by atoms with Crippen molar-refractivity contribution in [2.24, 2.45) is 10.7 Å². The Balaban J connectivity index is 1.79. The Labute approximate surface area is 146 Å². The Bertz CT molecular complexity index is 843. The topological polar surface area (TPSA) is 87.8 Å². The van der Waals surface area contributed by atoms with E-state index >= 15 is 0 Å². The van der Waals surface area contributed by atoms with Gasteiger partial charge in [0.2, 0.25) is 5.91 Å². The number of aliphatic imine (C=N–C) groups is 1. The summed E-state index contributed by atoms with van der Waals surface area (Å²) in [6.07, 6.45) is 0.257. The average molecular weight is 336 g/mol. The van der Waals surface area contributed by atoms with Crippen LogP contribution in [0.4, 0.5) is 5.69 Å². The van der Waals surface area contributed by atoms with Gasteiger partial charge in [-0.3, -0.25) is 14.5 Å². The van der Waals surface area contributed by atoms with Crippen molar-refractivity contribution < 1.29 is 9.59 Å². The second-order valence-corrected chi connectivity index (χ2v) is 6.11. The van der Waals surface area contributed by atoms with E-state index in [9.17, 15) is 9.59 Å². The number of aryl methyl sites for hydroxylation is 1. The largest absolute Gasteiger partial charge is 0.369 e. The molecule has 2 aromatic carbocycles. The zero-order chi connectivity index (χ0) is 18.0. The molecule has 25 heavy (non-hydrogen) atoms. The van der Waals surface area contributed by atoms with Crippen LogP contribution in [0, 0.1) is 6.92 Å². The highest BCUT2D eigenvalue weighted by atomic mass is 16.2. The summed E-state index contributed by atoms with van der Waals surface area (Å²) in [7, 11) is 1.61. The highest BCUT2D eigenvalue weighted by Gasteiger charge is 2.25. The lowest BCUT2D eigenvalue weighted by Gasteiger charge is -2.25. The van der Waals surface area contributed by atoms with Crippen LogP contribution < -0.4 is 11.1 Å². The lowest BCUT2D eigenvalue weighted by molar-refractivity contribution is -0.127. The Morgan fingerprint density at radius 2 is 1.96 bits per heavy atom. The van der Waals surface area contributed by atoms with E-state index < -0.39 is 0 Å². The fourth-order valence-corrected chi connectivity index (χ4v) is 2.65. The van der Waals surface area contributed by atoms with Gasteiger partial charge in [-0.05, 0) is 36.8 Å². The van der Waals surface area contributed by atoms with Gasteiger partial charge in [0.15, 0.2) is 5.96 Å². The van der Waals surface area contributed by atoms with Crippen LogP contribution >= 0.6 is 0 Å². The predicted octanol–water partition coefficient (Wildman–Crippen LogP) is 2.47. The van der Waals surface area contributed by atoms with Gasteiger partial charge in [-0.2, -0.15) is 0 Å². The van der Waals surface area contributed by atoms with Gasteiger partial charge >= 0.3 is 0 Å². The molecule has 1 aliphatic heterocycles. The van der Waals surface area contributed by atoms with E-state index in [1.807, 2.05) is 37.3 Å². The third kappa shape index (κ3) is 3.68. The van der Waals surface area contributed by atoms with E-state index in [2.05, 4.69) is 10.3 Å². The standard InChI is InChI=1S/C19H20N4O2/c1-12-6-8-13(9-7-12)18(25)21-15-5-3-4-14(10-15)16-11-17(24)23(2)19(20)22-16/h3-10,16H,11H2,1-2H3,(H2,20,22)(H,21,25). The molecular formula is C19H20N4O2. The number of amides is 2. The predicted molar refractivity (Wildman–Crippen MR) is 97.3 cm³/mol. The van der Waals surface area contributed by atoms with Crippen LogP contribution in [0.25, 0.3) is 0 Å². The Kier molecular flexibility index (Phi) is 4.52. The zero-order valence-electron chi connectivity index (χ0n) is 14.2. The summed E-state index contributed by atoms with van der Waals surface area (Å²) >= 11 is 0. The average Bonchev–Trinajstić information content (AvgIpc) is 2.60. The van der Waals surface area contributed by atoms with Gasteiger partial charge in [-0.15, -0.1) is 0 Å². The summed E-state index contributed by atoms with van der Waals surface area (Å²) in [6.45, 7) is 1.97. The number of anilines is 1. The minimum atomic E-state index is -0.333. The Morgan fingerprint density at radius 3 is 2.64 bits per heavy atom. The van der Waals surface area contributed by atoms with Gasteiger partial charge in [-0.25, -0.2) is 4.99 Å². The third-order valence-corrected chi connectivity index (χ3v) is 4.22. The maximum absolute atomic E-state index is 12.3. The summed E-state index contributed by atoms with van der Waals surface area (Å²) in [4.78, 5) is 30.0. The van der Waals surface area contributed by atoms with Gasteiger partial charge in [0.25, 0.3) is 5.91 Å². The van der Waals surface area contributed by atoms with Gasteiger partial charge in [0.1, 0.15) is 0 Å². The SMILES string of the molecule is Cc1ccc(C(=O)Nc2cccc(C3CC(=O)N(C)C(N)=N3)c2)cc1. The Hall–Kier alpha value is -3.15. The molecule has 1 heterocycles. The number of carbonyl (C=O) groups excluding carboxylic acids is 2. The fourth-order valence-electron chi connectivity index (χ4n) is 2.65. The van der Waals surface area contributed by atoms with Gasteiger partial charge in [0, 0.05) is 18.3 Å². The molecule has 0 saturated carbocycles. The van der Waals surface area contributed by atoms with Crippen LogP contribution in [0.3, 0.4) is 0 Å². The first-order chi connectivity index (χ1) is 11.9. The van der Waals surface area contributed by atoms with Gasteiger partial charge < -0.3 is 11.1 Å². The van der Waals surface area contributed by atoms with E-state index in [0.29, 0.717) is 11.3 Å². The van der Waals surface area contributed by atoms with Crippen LogP contribution in [0.15, 0.2) is 53.5 Å². The molecule has 2 amide bonds. The van der Waals surface area contributed by atoms with Crippen molar-refractivity contribution in [3.8, 4) is 0 Å². The molecule has 1 aliphatic rings. The van der Waals surface area contributed by atoms with Crippen LogP contribution in [0.5, 0.6) is 0 Å². The maximum Gasteiger partial charge on any atom is 0.255 e. The molecule has 0 aliphatic carbocycles. The molecule has 128 valence electrons. The molecule has 0 radical (unpaired) electrons. The van der Waals surface area contributed by atoms with Crippen molar-refractivity contribution in [2.45, 2.75) is 19.4 Å². The van der Waals surface area contributed by atoms with E-state index in [1.54, 1.807) is 25.2 Å². The first-order valence-corrected chi connectivity index (χ1v) is 8.02. The van der Waals surface area contributed by atoms with Crippen molar-refractivity contribution in [1.29, 1.82) is 0 Å². The number of nitrogens with one attached hydrogen (secondary N) is 1. The fraction of sp³-hybridized carbons (Fsp3) is 0.211. The number of nitrogens with zero attached hydrogens (tertiary/aromatic N) is 2. The highest BCUT2D eigenvalue weighted by molar-refractivity contribution is 6.04. The van der Waals surface area contributed by atoms with Crippen molar-refractivity contribution in [1.82, 2.24) is 4.90 Å². The molecule has 1 unspecified atom stereocenters. The number of guanidine groups is 1. The van der Waals surface area contributed by atoms with Crippen LogP contribution in [0.1, 0.15) is 33.9 Å². The number of nitrogens with two attached hydrogens (primary N) is 1. The van der Waals surface area contributed by atoms with E-state index in [4.69, 9.17) is 5.73 Å². The molecule has 3 rings (SSSR count). The van der Waals surface area contributed by atoms with Crippen molar-refractivity contribution >= 4 is 23.5 Å². The number of carbonyl (C=O) groups is 2. The lowest BCUT2D eigenvalue weighted by Crippen LogP contribution is -2.42. The summed E-state index contributed by atoms with van der Waals surface area (Å²) in [5.74, 6) is -0.0541. The van der Waals surface area contributed by atoms with Gasteiger partial charge in [-0.1, -0.05) is 29.8 Å². The second-order valence-electron chi connectivity index (χ2n) is 6.11. The van der Waals surface area contributed by atoms with Crippen molar-refractivity contribution in [3.63, 3.8) is 0 Å². The Morgan fingerprint density at radius 1 is 1.24 bits per heavy atom. The van der Waals surface area contributed by atoms with Crippen molar-refractivity contribution in [3.05, 3.63) is 65.2 Å². The molecule has 3 N–H and O–H groups in total. The molecule has 6 nitrogen and oxygen atoms in total. The minimum Gasteiger partial charge on any atom is -0.369 e. The summed E-state index contributed by atoms with van der Waals surface area (Å²) in [5.41, 5.74) is 8.97. The number of hydrogen-bond acceptors (Lipinski definition) is 4. The molecule has 0 saturated heterocycles. The van der Waals surface area contributed by atoms with E-state index in [-0.39, 0.29) is 30.2 Å². The molecule has 0 bridgehead atoms. The smallest absolute Gasteiger partial charge is 0.255 e. The monoisotopic (exact) mass is 336 g/mol. The lowest BCUT2D eigenvalue weighted by atomic mass is 10.0. The molecule has 0 aromatic heterocycles. The second kappa shape index (κ2) is 6.76. The number of rotatable bonds is 3. The van der Waals surface area contributed by atoms with Crippen molar-refractivity contribution in [2.75, 3.05) is 12.4 Å². The number of hydrogen-bond donors (Lipinski definition) is 2.